The fourth-order valence-corrected chi connectivity index (χ4v) is 1.92. The van der Waals surface area contributed by atoms with Crippen molar-refractivity contribution >= 4 is 11.8 Å². The molecule has 0 aliphatic carbocycles. The molecule has 0 amide bonds. The molecule has 11 heavy (non-hydrogen) atoms. The molecular formula is C9H21NS. The molecule has 0 aliphatic rings. The molecule has 0 aromatic heterocycles. The number of hydrogen-bond acceptors (Lipinski definition) is 2. The van der Waals surface area contributed by atoms with E-state index in [0.717, 1.165) is 5.92 Å². The average Bonchev–Trinajstić information content (AvgIpc) is 1.97. The topological polar surface area (TPSA) is 12.0 Å². The summed E-state index contributed by atoms with van der Waals surface area (Å²) in [5.41, 5.74) is 0. The van der Waals surface area contributed by atoms with Gasteiger partial charge in [-0.25, -0.2) is 0 Å². The highest BCUT2D eigenvalue weighted by molar-refractivity contribution is 7.99. The van der Waals surface area contributed by atoms with Crippen LogP contribution in [0.25, 0.3) is 0 Å². The summed E-state index contributed by atoms with van der Waals surface area (Å²) < 4.78 is 0. The van der Waals surface area contributed by atoms with Crippen molar-refractivity contribution in [1.82, 2.24) is 5.32 Å². The van der Waals surface area contributed by atoms with Crippen molar-refractivity contribution in [3.63, 3.8) is 0 Å². The van der Waals surface area contributed by atoms with Gasteiger partial charge < -0.3 is 5.32 Å². The third kappa shape index (κ3) is 6.70. The number of rotatable bonds is 6. The van der Waals surface area contributed by atoms with Crippen LogP contribution in [-0.2, 0) is 0 Å². The Hall–Kier alpha value is 0.310. The Morgan fingerprint density at radius 3 is 2.36 bits per heavy atom. The van der Waals surface area contributed by atoms with Gasteiger partial charge in [0.25, 0.3) is 0 Å². The zero-order chi connectivity index (χ0) is 8.69. The molecule has 0 rings (SSSR count). The van der Waals surface area contributed by atoms with Gasteiger partial charge in [-0.15, -0.1) is 0 Å². The van der Waals surface area contributed by atoms with Crippen molar-refractivity contribution in [3.05, 3.63) is 0 Å². The summed E-state index contributed by atoms with van der Waals surface area (Å²) in [6.07, 6.45) is 1.30. The third-order valence-electron chi connectivity index (χ3n) is 1.69. The molecule has 0 radical (unpaired) electrons. The van der Waals surface area contributed by atoms with Gasteiger partial charge >= 0.3 is 0 Å². The van der Waals surface area contributed by atoms with Crippen LogP contribution in [0.5, 0.6) is 0 Å². The number of hydrogen-bond donors (Lipinski definition) is 1. The van der Waals surface area contributed by atoms with E-state index in [9.17, 15) is 0 Å². The molecule has 1 N–H and O–H groups in total. The van der Waals surface area contributed by atoms with Crippen molar-refractivity contribution in [2.45, 2.75) is 33.2 Å². The summed E-state index contributed by atoms with van der Waals surface area (Å²) in [7, 11) is 2.06. The molecule has 0 aromatic rings. The van der Waals surface area contributed by atoms with E-state index in [1.807, 2.05) is 11.8 Å². The summed E-state index contributed by atoms with van der Waals surface area (Å²) in [4.78, 5) is 0. The van der Waals surface area contributed by atoms with Crippen LogP contribution in [0.1, 0.15) is 27.2 Å². The fourth-order valence-electron chi connectivity index (χ4n) is 1.10. The van der Waals surface area contributed by atoms with Crippen molar-refractivity contribution in [1.29, 1.82) is 0 Å². The lowest BCUT2D eigenvalue weighted by molar-refractivity contribution is 0.474. The fraction of sp³-hybridized carbons (Fsp3) is 1.00. The second-order valence-electron chi connectivity index (χ2n) is 3.27. The van der Waals surface area contributed by atoms with Gasteiger partial charge in [0.2, 0.25) is 0 Å². The number of nitrogens with one attached hydrogen (secondary N) is 1. The standard InChI is InChI=1S/C9H21NS/c1-5-11-7-9(10-4)6-8(2)3/h8-10H,5-7H2,1-4H3. The molecule has 0 saturated heterocycles. The van der Waals surface area contributed by atoms with Gasteiger partial charge in [0.15, 0.2) is 0 Å². The minimum Gasteiger partial charge on any atom is -0.316 e. The van der Waals surface area contributed by atoms with Gasteiger partial charge in [0, 0.05) is 11.8 Å². The first-order chi connectivity index (χ1) is 5.20. The Balaban J connectivity index is 3.41. The van der Waals surface area contributed by atoms with Crippen molar-refractivity contribution in [2.24, 2.45) is 5.92 Å². The van der Waals surface area contributed by atoms with Crippen LogP contribution in [0.4, 0.5) is 0 Å². The summed E-state index contributed by atoms with van der Waals surface area (Å²) in [5.74, 6) is 3.30. The highest BCUT2D eigenvalue weighted by atomic mass is 32.2. The van der Waals surface area contributed by atoms with E-state index in [4.69, 9.17) is 0 Å². The Kier molecular flexibility index (Phi) is 7.18. The minimum atomic E-state index is 0.708. The maximum atomic E-state index is 3.35. The van der Waals surface area contributed by atoms with E-state index in [2.05, 4.69) is 33.1 Å². The Morgan fingerprint density at radius 1 is 1.36 bits per heavy atom. The summed E-state index contributed by atoms with van der Waals surface area (Å²) in [6.45, 7) is 6.77. The zero-order valence-electron chi connectivity index (χ0n) is 8.18. The van der Waals surface area contributed by atoms with Crippen LogP contribution in [0.2, 0.25) is 0 Å². The summed E-state index contributed by atoms with van der Waals surface area (Å²) in [6, 6.07) is 0.708. The third-order valence-corrected chi connectivity index (χ3v) is 2.73. The number of thioether (sulfide) groups is 1. The summed E-state index contributed by atoms with van der Waals surface area (Å²) in [5, 5.41) is 3.35. The lowest BCUT2D eigenvalue weighted by atomic mass is 10.1. The molecule has 1 nitrogen and oxygen atoms in total. The average molecular weight is 175 g/mol. The molecule has 0 aromatic carbocycles. The van der Waals surface area contributed by atoms with E-state index >= 15 is 0 Å². The molecule has 0 fully saturated rings. The minimum absolute atomic E-state index is 0.708. The molecule has 0 aliphatic heterocycles. The molecule has 0 heterocycles. The van der Waals surface area contributed by atoms with Crippen molar-refractivity contribution < 1.29 is 0 Å². The van der Waals surface area contributed by atoms with Crippen LogP contribution >= 0.6 is 11.8 Å². The quantitative estimate of drug-likeness (QED) is 0.665. The van der Waals surface area contributed by atoms with Crippen molar-refractivity contribution in [2.75, 3.05) is 18.6 Å². The SMILES string of the molecule is CCSCC(CC(C)C)NC. The zero-order valence-corrected chi connectivity index (χ0v) is 9.00. The highest BCUT2D eigenvalue weighted by Crippen LogP contribution is 2.09. The lowest BCUT2D eigenvalue weighted by Gasteiger charge is -2.17. The second kappa shape index (κ2) is 6.99. The molecule has 2 heteroatoms. The Labute approximate surface area is 75.3 Å². The first-order valence-corrected chi connectivity index (χ1v) is 5.61. The molecular weight excluding hydrogens is 154 g/mol. The van der Waals surface area contributed by atoms with Gasteiger partial charge in [0.1, 0.15) is 0 Å². The second-order valence-corrected chi connectivity index (χ2v) is 4.59. The predicted molar refractivity (Wildman–Crippen MR) is 55.3 cm³/mol. The highest BCUT2D eigenvalue weighted by Gasteiger charge is 2.06. The summed E-state index contributed by atoms with van der Waals surface area (Å²) >= 11 is 2.02. The molecule has 0 spiro atoms. The first kappa shape index (κ1) is 11.3. The van der Waals surface area contributed by atoms with Crippen molar-refractivity contribution in [3.8, 4) is 0 Å². The normalized spacial score (nSPS) is 13.9. The van der Waals surface area contributed by atoms with Gasteiger partial charge in [-0.2, -0.15) is 11.8 Å². The van der Waals surface area contributed by atoms with E-state index < -0.39 is 0 Å². The van der Waals surface area contributed by atoms with Crippen LogP contribution in [0.3, 0.4) is 0 Å². The Morgan fingerprint density at radius 2 is 2.00 bits per heavy atom. The monoisotopic (exact) mass is 175 g/mol. The van der Waals surface area contributed by atoms with Crippen LogP contribution in [0, 0.1) is 5.92 Å². The van der Waals surface area contributed by atoms with E-state index in [0.29, 0.717) is 6.04 Å². The van der Waals surface area contributed by atoms with E-state index in [1.165, 1.54) is 17.9 Å². The molecule has 0 bridgehead atoms. The molecule has 68 valence electrons. The van der Waals surface area contributed by atoms with Crippen LogP contribution in [0.15, 0.2) is 0 Å². The maximum Gasteiger partial charge on any atom is 0.0157 e. The van der Waals surface area contributed by atoms with Crippen LogP contribution < -0.4 is 5.32 Å². The Bertz CT molecular complexity index is 83.6. The molecule has 1 atom stereocenters. The first-order valence-electron chi connectivity index (χ1n) is 4.45. The van der Waals surface area contributed by atoms with E-state index in [-0.39, 0.29) is 0 Å². The maximum absolute atomic E-state index is 3.35. The predicted octanol–water partition coefficient (Wildman–Crippen LogP) is 2.37. The van der Waals surface area contributed by atoms with E-state index in [1.54, 1.807) is 0 Å². The molecule has 1 unspecified atom stereocenters. The van der Waals surface area contributed by atoms with Gasteiger partial charge in [-0.3, -0.25) is 0 Å². The smallest absolute Gasteiger partial charge is 0.0157 e. The van der Waals surface area contributed by atoms with Gasteiger partial charge in [-0.1, -0.05) is 20.8 Å². The largest absolute Gasteiger partial charge is 0.316 e. The van der Waals surface area contributed by atoms with Gasteiger partial charge in [-0.05, 0) is 25.1 Å². The van der Waals surface area contributed by atoms with Gasteiger partial charge in [0.05, 0.1) is 0 Å². The molecule has 0 saturated carbocycles. The lowest BCUT2D eigenvalue weighted by Crippen LogP contribution is -2.29. The van der Waals surface area contributed by atoms with Crippen LogP contribution in [-0.4, -0.2) is 24.6 Å².